The molecule has 0 unspecified atom stereocenters. The summed E-state index contributed by atoms with van der Waals surface area (Å²) in [5.74, 6) is 0. The fourth-order valence-electron chi connectivity index (χ4n) is 2.89. The smallest absolute Gasteiger partial charge is 0.157 e. The van der Waals surface area contributed by atoms with Crippen LogP contribution in [0, 0.1) is 20.8 Å². The van der Waals surface area contributed by atoms with Crippen molar-refractivity contribution in [1.29, 1.82) is 0 Å². The lowest BCUT2D eigenvalue weighted by Gasteiger charge is -2.07. The second kappa shape index (κ2) is 5.44. The Morgan fingerprint density at radius 3 is 2.59 bits per heavy atom. The van der Waals surface area contributed by atoms with Crippen LogP contribution in [0.5, 0.6) is 0 Å². The van der Waals surface area contributed by atoms with E-state index >= 15 is 0 Å². The Kier molecular flexibility index (Phi) is 3.60. The first-order valence-corrected chi connectivity index (χ1v) is 7.57. The number of hydrogen-bond acceptors (Lipinski definition) is 4. The lowest BCUT2D eigenvalue weighted by molar-refractivity contribution is 0.633. The molecule has 6 heteroatoms. The Bertz CT molecular complexity index is 827. The maximum atomic E-state index is 4.56. The summed E-state index contributed by atoms with van der Waals surface area (Å²) in [7, 11) is 1.92. The molecule has 3 rings (SSSR count). The molecule has 1 N–H and O–H groups in total. The van der Waals surface area contributed by atoms with E-state index in [1.807, 2.05) is 29.5 Å². The number of pyridine rings is 1. The predicted octanol–water partition coefficient (Wildman–Crippen LogP) is 2.72. The summed E-state index contributed by atoms with van der Waals surface area (Å²) >= 11 is 0. The zero-order chi connectivity index (χ0) is 15.9. The van der Waals surface area contributed by atoms with Gasteiger partial charge in [-0.25, -0.2) is 4.98 Å². The second-order valence-electron chi connectivity index (χ2n) is 5.62. The van der Waals surface area contributed by atoms with Crippen LogP contribution in [-0.2, 0) is 20.1 Å². The highest BCUT2D eigenvalue weighted by Gasteiger charge is 2.11. The first-order chi connectivity index (χ1) is 10.5. The van der Waals surface area contributed by atoms with Gasteiger partial charge in [-0.05, 0) is 33.8 Å². The molecule has 0 aliphatic rings. The number of hydrogen-bond donors (Lipinski definition) is 1. The van der Waals surface area contributed by atoms with Gasteiger partial charge in [-0.15, -0.1) is 0 Å². The third-order valence-corrected chi connectivity index (χ3v) is 4.16. The summed E-state index contributed by atoms with van der Waals surface area (Å²) < 4.78 is 3.85. The summed E-state index contributed by atoms with van der Waals surface area (Å²) in [5.41, 5.74) is 6.48. The molecule has 0 aliphatic heterocycles. The minimum absolute atomic E-state index is 0.754. The first kappa shape index (κ1) is 14.6. The summed E-state index contributed by atoms with van der Waals surface area (Å²) in [5, 5.41) is 13.5. The predicted molar refractivity (Wildman–Crippen MR) is 87.9 cm³/mol. The lowest BCUT2D eigenvalue weighted by Crippen LogP contribution is -2.04. The zero-order valence-electron chi connectivity index (χ0n) is 13.8. The average molecular weight is 298 g/mol. The molecular weight excluding hydrogens is 276 g/mol. The second-order valence-corrected chi connectivity index (χ2v) is 5.62. The Morgan fingerprint density at radius 1 is 1.14 bits per heavy atom. The van der Waals surface area contributed by atoms with Gasteiger partial charge in [0.1, 0.15) is 0 Å². The third-order valence-electron chi connectivity index (χ3n) is 4.16. The van der Waals surface area contributed by atoms with Crippen molar-refractivity contribution in [3.05, 3.63) is 34.9 Å². The molecule has 6 nitrogen and oxygen atoms in total. The van der Waals surface area contributed by atoms with Gasteiger partial charge in [0.15, 0.2) is 5.65 Å². The van der Waals surface area contributed by atoms with E-state index in [9.17, 15) is 0 Å². The Balaban J connectivity index is 1.85. The topological polar surface area (TPSA) is 60.6 Å². The number of aryl methyl sites for hydroxylation is 4. The SMILES string of the molecule is CCn1nc(C)c(CNc2cnc3c(c2)c(C)nn3C)c1C. The van der Waals surface area contributed by atoms with Gasteiger partial charge in [0.05, 0.1) is 23.3 Å². The highest BCUT2D eigenvalue weighted by atomic mass is 15.3. The van der Waals surface area contributed by atoms with Gasteiger partial charge >= 0.3 is 0 Å². The highest BCUT2D eigenvalue weighted by Crippen LogP contribution is 2.21. The number of rotatable bonds is 4. The van der Waals surface area contributed by atoms with Crippen LogP contribution in [0.1, 0.15) is 29.6 Å². The van der Waals surface area contributed by atoms with Crippen molar-refractivity contribution in [1.82, 2.24) is 24.5 Å². The fourth-order valence-corrected chi connectivity index (χ4v) is 2.89. The van der Waals surface area contributed by atoms with Crippen molar-refractivity contribution < 1.29 is 0 Å². The van der Waals surface area contributed by atoms with E-state index in [2.05, 4.69) is 47.3 Å². The van der Waals surface area contributed by atoms with Gasteiger partial charge < -0.3 is 5.32 Å². The van der Waals surface area contributed by atoms with Gasteiger partial charge in [0.2, 0.25) is 0 Å². The number of fused-ring (bicyclic) bond motifs is 1. The molecule has 3 heterocycles. The van der Waals surface area contributed by atoms with Crippen molar-refractivity contribution in [2.45, 2.75) is 40.8 Å². The van der Waals surface area contributed by atoms with E-state index in [0.29, 0.717) is 0 Å². The van der Waals surface area contributed by atoms with Crippen LogP contribution in [0.4, 0.5) is 5.69 Å². The Hall–Kier alpha value is -2.37. The standard InChI is InChI=1S/C16H22N6/c1-6-22-12(4)15(11(3)20-22)9-17-13-7-14-10(2)19-21(5)16(14)18-8-13/h7-8,17H,6,9H2,1-5H3. The van der Waals surface area contributed by atoms with Crippen LogP contribution in [0.2, 0.25) is 0 Å². The maximum Gasteiger partial charge on any atom is 0.157 e. The van der Waals surface area contributed by atoms with Gasteiger partial charge in [0, 0.05) is 36.8 Å². The van der Waals surface area contributed by atoms with E-state index in [0.717, 1.165) is 41.2 Å². The highest BCUT2D eigenvalue weighted by molar-refractivity contribution is 5.81. The normalized spacial score (nSPS) is 11.3. The van der Waals surface area contributed by atoms with Crippen LogP contribution in [-0.4, -0.2) is 24.5 Å². The molecule has 116 valence electrons. The largest absolute Gasteiger partial charge is 0.380 e. The van der Waals surface area contributed by atoms with Gasteiger partial charge in [0.25, 0.3) is 0 Å². The molecule has 22 heavy (non-hydrogen) atoms. The molecule has 3 aromatic rings. The van der Waals surface area contributed by atoms with E-state index < -0.39 is 0 Å². The minimum Gasteiger partial charge on any atom is -0.380 e. The van der Waals surface area contributed by atoms with Crippen LogP contribution >= 0.6 is 0 Å². The van der Waals surface area contributed by atoms with Gasteiger partial charge in [-0.3, -0.25) is 9.36 Å². The van der Waals surface area contributed by atoms with Crippen LogP contribution in [0.3, 0.4) is 0 Å². The maximum absolute atomic E-state index is 4.56. The number of anilines is 1. The van der Waals surface area contributed by atoms with E-state index in [1.54, 1.807) is 0 Å². The number of nitrogens with one attached hydrogen (secondary N) is 1. The third kappa shape index (κ3) is 2.34. The lowest BCUT2D eigenvalue weighted by atomic mass is 10.2. The monoisotopic (exact) mass is 298 g/mol. The van der Waals surface area contributed by atoms with Crippen molar-refractivity contribution >= 4 is 16.7 Å². The fraction of sp³-hybridized carbons (Fsp3) is 0.438. The van der Waals surface area contributed by atoms with Crippen molar-refractivity contribution in [3.8, 4) is 0 Å². The summed E-state index contributed by atoms with van der Waals surface area (Å²) in [4.78, 5) is 4.50. The molecule has 0 bridgehead atoms. The molecule has 3 aromatic heterocycles. The molecule has 0 atom stereocenters. The molecule has 0 amide bonds. The van der Waals surface area contributed by atoms with Crippen molar-refractivity contribution in [2.24, 2.45) is 7.05 Å². The van der Waals surface area contributed by atoms with Gasteiger partial charge in [-0.1, -0.05) is 0 Å². The molecule has 0 spiro atoms. The molecular formula is C16H22N6. The molecule has 0 aromatic carbocycles. The number of nitrogens with zero attached hydrogens (tertiary/aromatic N) is 5. The van der Waals surface area contributed by atoms with Crippen molar-refractivity contribution in [3.63, 3.8) is 0 Å². The van der Waals surface area contributed by atoms with E-state index in [1.165, 1.54) is 11.3 Å². The quantitative estimate of drug-likeness (QED) is 0.804. The number of aromatic nitrogens is 5. The van der Waals surface area contributed by atoms with Crippen molar-refractivity contribution in [2.75, 3.05) is 5.32 Å². The molecule has 0 saturated carbocycles. The summed E-state index contributed by atoms with van der Waals surface area (Å²) in [6.45, 7) is 9.95. The van der Waals surface area contributed by atoms with Crippen LogP contribution in [0.25, 0.3) is 11.0 Å². The molecule has 0 fully saturated rings. The molecule has 0 saturated heterocycles. The summed E-state index contributed by atoms with van der Waals surface area (Å²) in [6, 6.07) is 2.11. The average Bonchev–Trinajstić information content (AvgIpc) is 2.94. The Labute approximate surface area is 130 Å². The van der Waals surface area contributed by atoms with E-state index in [4.69, 9.17) is 0 Å². The molecule has 0 aliphatic carbocycles. The molecule has 0 radical (unpaired) electrons. The summed E-state index contributed by atoms with van der Waals surface area (Å²) in [6.07, 6.45) is 1.86. The van der Waals surface area contributed by atoms with E-state index in [-0.39, 0.29) is 0 Å². The minimum atomic E-state index is 0.754. The first-order valence-electron chi connectivity index (χ1n) is 7.57. The van der Waals surface area contributed by atoms with Gasteiger partial charge in [-0.2, -0.15) is 10.2 Å². The van der Waals surface area contributed by atoms with Crippen LogP contribution < -0.4 is 5.32 Å². The van der Waals surface area contributed by atoms with Crippen LogP contribution in [0.15, 0.2) is 12.3 Å². The Morgan fingerprint density at radius 2 is 1.91 bits per heavy atom. The zero-order valence-corrected chi connectivity index (χ0v) is 13.8.